The molecule has 0 aliphatic carbocycles. The quantitative estimate of drug-likeness (QED) is 0.764. The van der Waals surface area contributed by atoms with Crippen molar-refractivity contribution in [3.05, 3.63) is 29.3 Å². The molecule has 2 unspecified atom stereocenters. The van der Waals surface area contributed by atoms with Crippen molar-refractivity contribution in [2.45, 2.75) is 26.0 Å². The molecule has 1 aromatic carbocycles. The van der Waals surface area contributed by atoms with Crippen molar-refractivity contribution >= 4 is 17.5 Å². The predicted octanol–water partition coefficient (Wildman–Crippen LogP) is 0.463. The first kappa shape index (κ1) is 14.0. The van der Waals surface area contributed by atoms with Crippen LogP contribution >= 0.6 is 0 Å². The van der Waals surface area contributed by atoms with Crippen molar-refractivity contribution in [2.75, 3.05) is 11.4 Å². The Morgan fingerprint density at radius 2 is 2.20 bits per heavy atom. The molecule has 0 aromatic heterocycles. The van der Waals surface area contributed by atoms with Gasteiger partial charge in [-0.05, 0) is 26.0 Å². The molecule has 20 heavy (non-hydrogen) atoms. The fourth-order valence-electron chi connectivity index (χ4n) is 2.22. The number of anilines is 1. The molecule has 1 saturated heterocycles. The number of hydrogen-bond acceptors (Lipinski definition) is 5. The summed E-state index contributed by atoms with van der Waals surface area (Å²) in [6.07, 6.45) is -0.759. The first-order valence-electron chi connectivity index (χ1n) is 6.26. The van der Waals surface area contributed by atoms with Gasteiger partial charge in [0.2, 0.25) is 11.8 Å². The standard InChI is InChI=1S/C14H15N3O3/c1-8-14(20)16-13(19)7-17(8)12-5-10(6-15)3-4-11(12)9(2)18/h3-5,8-9,18H,7H2,1-2H3,(H,16,19,20). The molecule has 1 aliphatic heterocycles. The van der Waals surface area contributed by atoms with E-state index in [2.05, 4.69) is 5.32 Å². The summed E-state index contributed by atoms with van der Waals surface area (Å²) in [6.45, 7) is 3.29. The second-order valence-electron chi connectivity index (χ2n) is 4.78. The Bertz CT molecular complexity index is 604. The van der Waals surface area contributed by atoms with Crippen LogP contribution in [-0.2, 0) is 9.59 Å². The minimum Gasteiger partial charge on any atom is -0.389 e. The number of carbonyl (C=O) groups excluding carboxylic acids is 2. The largest absolute Gasteiger partial charge is 0.389 e. The zero-order valence-corrected chi connectivity index (χ0v) is 11.3. The molecule has 1 aromatic rings. The summed E-state index contributed by atoms with van der Waals surface area (Å²) in [4.78, 5) is 24.9. The van der Waals surface area contributed by atoms with Gasteiger partial charge in [-0.25, -0.2) is 0 Å². The lowest BCUT2D eigenvalue weighted by molar-refractivity contribution is -0.132. The number of nitriles is 1. The predicted molar refractivity (Wildman–Crippen MR) is 71.7 cm³/mol. The second-order valence-corrected chi connectivity index (χ2v) is 4.78. The lowest BCUT2D eigenvalue weighted by atomic mass is 10.0. The number of nitrogens with zero attached hydrogens (tertiary/aromatic N) is 2. The Hall–Kier alpha value is -2.39. The maximum Gasteiger partial charge on any atom is 0.249 e. The molecule has 2 amide bonds. The van der Waals surface area contributed by atoms with E-state index in [1.54, 1.807) is 36.9 Å². The molecular formula is C14H15N3O3. The molecule has 1 aliphatic rings. The number of carbonyl (C=O) groups is 2. The van der Waals surface area contributed by atoms with E-state index in [1.165, 1.54) is 0 Å². The summed E-state index contributed by atoms with van der Waals surface area (Å²) < 4.78 is 0. The topological polar surface area (TPSA) is 93.4 Å². The normalized spacial score (nSPS) is 20.3. The highest BCUT2D eigenvalue weighted by atomic mass is 16.3. The van der Waals surface area contributed by atoms with Gasteiger partial charge in [0.05, 0.1) is 24.3 Å². The summed E-state index contributed by atoms with van der Waals surface area (Å²) in [7, 11) is 0. The van der Waals surface area contributed by atoms with E-state index in [1.807, 2.05) is 6.07 Å². The summed E-state index contributed by atoms with van der Waals surface area (Å²) in [5.74, 6) is -0.785. The van der Waals surface area contributed by atoms with E-state index in [4.69, 9.17) is 5.26 Å². The second kappa shape index (κ2) is 5.31. The lowest BCUT2D eigenvalue weighted by Gasteiger charge is -2.35. The maximum atomic E-state index is 11.7. The highest BCUT2D eigenvalue weighted by Crippen LogP contribution is 2.29. The molecule has 6 nitrogen and oxygen atoms in total. The molecule has 0 radical (unpaired) electrons. The van der Waals surface area contributed by atoms with Crippen LogP contribution in [0, 0.1) is 11.3 Å². The molecule has 0 saturated carbocycles. The molecule has 104 valence electrons. The Morgan fingerprint density at radius 3 is 2.80 bits per heavy atom. The molecule has 2 N–H and O–H groups in total. The third-order valence-corrected chi connectivity index (χ3v) is 3.34. The monoisotopic (exact) mass is 273 g/mol. The number of benzene rings is 1. The van der Waals surface area contributed by atoms with Gasteiger partial charge in [0, 0.05) is 11.3 Å². The molecule has 2 atom stereocenters. The van der Waals surface area contributed by atoms with Gasteiger partial charge in [0.1, 0.15) is 6.04 Å². The fourth-order valence-corrected chi connectivity index (χ4v) is 2.22. The van der Waals surface area contributed by atoms with Crippen molar-refractivity contribution in [1.82, 2.24) is 5.32 Å². The van der Waals surface area contributed by atoms with Gasteiger partial charge in [0.15, 0.2) is 0 Å². The highest BCUT2D eigenvalue weighted by Gasteiger charge is 2.32. The van der Waals surface area contributed by atoms with E-state index in [-0.39, 0.29) is 12.5 Å². The number of aliphatic hydroxyl groups excluding tert-OH is 1. The van der Waals surface area contributed by atoms with Gasteiger partial charge in [-0.3, -0.25) is 14.9 Å². The Labute approximate surface area is 116 Å². The first-order valence-corrected chi connectivity index (χ1v) is 6.26. The average Bonchev–Trinajstić information content (AvgIpc) is 2.42. The van der Waals surface area contributed by atoms with Gasteiger partial charge < -0.3 is 10.0 Å². The molecule has 1 heterocycles. The third kappa shape index (κ3) is 2.49. The Morgan fingerprint density at radius 1 is 1.50 bits per heavy atom. The van der Waals surface area contributed by atoms with Crippen LogP contribution in [0.2, 0.25) is 0 Å². The maximum absolute atomic E-state index is 11.7. The molecule has 1 fully saturated rings. The van der Waals surface area contributed by atoms with Crippen molar-refractivity contribution in [3.8, 4) is 6.07 Å². The Balaban J connectivity index is 2.51. The smallest absolute Gasteiger partial charge is 0.249 e. The van der Waals surface area contributed by atoms with Crippen molar-refractivity contribution in [3.63, 3.8) is 0 Å². The highest BCUT2D eigenvalue weighted by molar-refractivity contribution is 6.04. The summed E-state index contributed by atoms with van der Waals surface area (Å²) >= 11 is 0. The van der Waals surface area contributed by atoms with Crippen molar-refractivity contribution < 1.29 is 14.7 Å². The molecule has 6 heteroatoms. The van der Waals surface area contributed by atoms with E-state index < -0.39 is 18.1 Å². The molecule has 2 rings (SSSR count). The van der Waals surface area contributed by atoms with E-state index in [0.717, 1.165) is 0 Å². The van der Waals surface area contributed by atoms with E-state index >= 15 is 0 Å². The minimum absolute atomic E-state index is 0.0154. The molecule has 0 bridgehead atoms. The van der Waals surface area contributed by atoms with Gasteiger partial charge in [-0.15, -0.1) is 0 Å². The average molecular weight is 273 g/mol. The minimum atomic E-state index is -0.759. The number of piperazine rings is 1. The van der Waals surface area contributed by atoms with Crippen molar-refractivity contribution in [1.29, 1.82) is 5.26 Å². The molecule has 0 spiro atoms. The summed E-state index contributed by atoms with van der Waals surface area (Å²) in [6, 6.07) is 6.30. The zero-order valence-electron chi connectivity index (χ0n) is 11.3. The van der Waals surface area contributed by atoms with Gasteiger partial charge in [0.25, 0.3) is 0 Å². The number of imide groups is 1. The summed E-state index contributed by atoms with van der Waals surface area (Å²) in [5, 5.41) is 21.1. The number of rotatable bonds is 2. The number of aliphatic hydroxyl groups is 1. The fraction of sp³-hybridized carbons (Fsp3) is 0.357. The van der Waals surface area contributed by atoms with Gasteiger partial charge in [-0.2, -0.15) is 5.26 Å². The van der Waals surface area contributed by atoms with Gasteiger partial charge in [-0.1, -0.05) is 6.07 Å². The third-order valence-electron chi connectivity index (χ3n) is 3.34. The van der Waals surface area contributed by atoms with E-state index in [0.29, 0.717) is 16.8 Å². The lowest BCUT2D eigenvalue weighted by Crippen LogP contribution is -2.57. The van der Waals surface area contributed by atoms with Crippen LogP contribution in [0.15, 0.2) is 18.2 Å². The first-order chi connectivity index (χ1) is 9.43. The van der Waals surface area contributed by atoms with Crippen LogP contribution < -0.4 is 10.2 Å². The van der Waals surface area contributed by atoms with Crippen LogP contribution in [-0.4, -0.2) is 29.5 Å². The van der Waals surface area contributed by atoms with Crippen LogP contribution in [0.1, 0.15) is 31.1 Å². The van der Waals surface area contributed by atoms with Crippen LogP contribution in [0.5, 0.6) is 0 Å². The summed E-state index contributed by atoms with van der Waals surface area (Å²) in [5.41, 5.74) is 1.53. The van der Waals surface area contributed by atoms with Crippen LogP contribution in [0.4, 0.5) is 5.69 Å². The number of amides is 2. The van der Waals surface area contributed by atoms with Gasteiger partial charge >= 0.3 is 0 Å². The van der Waals surface area contributed by atoms with E-state index in [9.17, 15) is 14.7 Å². The SMILES string of the molecule is CC(O)c1ccc(C#N)cc1N1CC(=O)NC(=O)C1C. The Kier molecular flexibility index (Phi) is 3.72. The number of hydrogen-bond donors (Lipinski definition) is 2. The number of nitrogens with one attached hydrogen (secondary N) is 1. The van der Waals surface area contributed by atoms with Crippen molar-refractivity contribution in [2.24, 2.45) is 0 Å². The van der Waals surface area contributed by atoms with Crippen LogP contribution in [0.25, 0.3) is 0 Å². The molecular weight excluding hydrogens is 258 g/mol. The van der Waals surface area contributed by atoms with Crippen LogP contribution in [0.3, 0.4) is 0 Å². The zero-order chi connectivity index (χ0) is 14.9.